The fraction of sp³-hybridized carbons (Fsp3) is 0.538. The van der Waals surface area contributed by atoms with E-state index in [0.29, 0.717) is 6.61 Å². The molecule has 0 atom stereocenters. The molecule has 4 heteroatoms. The summed E-state index contributed by atoms with van der Waals surface area (Å²) in [6, 6.07) is 1.71. The van der Waals surface area contributed by atoms with E-state index in [-0.39, 0.29) is 16.9 Å². The zero-order valence-corrected chi connectivity index (χ0v) is 10.4. The second-order valence-electron chi connectivity index (χ2n) is 4.97. The third kappa shape index (κ3) is 1.99. The maximum absolute atomic E-state index is 11.6. The molecule has 0 radical (unpaired) electrons. The summed E-state index contributed by atoms with van der Waals surface area (Å²) in [7, 11) is 0. The Morgan fingerprint density at radius 3 is 2.94 bits per heavy atom. The number of pyridine rings is 1. The van der Waals surface area contributed by atoms with Gasteiger partial charge in [0.05, 0.1) is 12.3 Å². The first-order valence-electron chi connectivity index (χ1n) is 5.86. The number of carbonyl (C=O) groups excluding carboxylic acids is 1. The van der Waals surface area contributed by atoms with Crippen molar-refractivity contribution < 1.29 is 14.6 Å². The molecular weight excluding hydrogens is 218 g/mol. The highest BCUT2D eigenvalue weighted by molar-refractivity contribution is 5.92. The lowest BCUT2D eigenvalue weighted by Crippen LogP contribution is -2.15. The Morgan fingerprint density at radius 1 is 1.59 bits per heavy atom. The van der Waals surface area contributed by atoms with E-state index in [1.807, 2.05) is 0 Å². The maximum atomic E-state index is 11.6. The van der Waals surface area contributed by atoms with Crippen LogP contribution in [0.25, 0.3) is 0 Å². The number of fused-ring (bicyclic) bond motifs is 1. The van der Waals surface area contributed by atoms with Gasteiger partial charge in [-0.2, -0.15) is 0 Å². The molecule has 92 valence electrons. The third-order valence-electron chi connectivity index (χ3n) is 3.24. The van der Waals surface area contributed by atoms with Gasteiger partial charge in [-0.3, -0.25) is 0 Å². The Morgan fingerprint density at radius 2 is 2.29 bits per heavy atom. The van der Waals surface area contributed by atoms with Crippen molar-refractivity contribution in [3.63, 3.8) is 0 Å². The molecule has 0 aromatic carbocycles. The summed E-state index contributed by atoms with van der Waals surface area (Å²) in [5.41, 5.74) is 2.07. The number of hydrogen-bond acceptors (Lipinski definition) is 4. The van der Waals surface area contributed by atoms with Crippen molar-refractivity contribution in [3.8, 4) is 5.88 Å². The number of aromatic hydroxyl groups is 1. The van der Waals surface area contributed by atoms with Crippen LogP contribution >= 0.6 is 0 Å². The van der Waals surface area contributed by atoms with Gasteiger partial charge in [-0.15, -0.1) is 0 Å². The largest absolute Gasteiger partial charge is 0.493 e. The number of esters is 1. The third-order valence-corrected chi connectivity index (χ3v) is 3.24. The Labute approximate surface area is 101 Å². The number of hydrogen-bond donors (Lipinski definition) is 1. The lowest BCUT2D eigenvalue weighted by molar-refractivity contribution is 0.0522. The highest BCUT2D eigenvalue weighted by Crippen LogP contribution is 2.38. The van der Waals surface area contributed by atoms with Gasteiger partial charge >= 0.3 is 5.97 Å². The molecule has 2 rings (SSSR count). The van der Waals surface area contributed by atoms with E-state index in [1.54, 1.807) is 13.0 Å². The van der Waals surface area contributed by atoms with Gasteiger partial charge < -0.3 is 9.84 Å². The fourth-order valence-electron chi connectivity index (χ4n) is 2.25. The molecular formula is C13H17NO3. The zero-order valence-electron chi connectivity index (χ0n) is 10.4. The minimum absolute atomic E-state index is 0.0278. The van der Waals surface area contributed by atoms with E-state index in [4.69, 9.17) is 4.74 Å². The van der Waals surface area contributed by atoms with E-state index in [9.17, 15) is 9.90 Å². The van der Waals surface area contributed by atoms with Crippen LogP contribution in [0.2, 0.25) is 0 Å². The van der Waals surface area contributed by atoms with Crippen molar-refractivity contribution in [2.24, 2.45) is 0 Å². The quantitative estimate of drug-likeness (QED) is 0.798. The minimum atomic E-state index is -0.509. The zero-order chi connectivity index (χ0) is 12.6. The number of nitrogens with zero attached hydrogens (tertiary/aromatic N) is 1. The Hall–Kier alpha value is -1.58. The Kier molecular flexibility index (Phi) is 2.81. The monoisotopic (exact) mass is 235 g/mol. The molecule has 0 amide bonds. The van der Waals surface area contributed by atoms with Crippen LogP contribution in [0.5, 0.6) is 5.88 Å². The molecule has 0 unspecified atom stereocenters. The summed E-state index contributed by atoms with van der Waals surface area (Å²) < 4.78 is 4.88. The number of rotatable bonds is 2. The second-order valence-corrected chi connectivity index (χ2v) is 4.97. The molecule has 4 nitrogen and oxygen atoms in total. The van der Waals surface area contributed by atoms with Gasteiger partial charge in [-0.05, 0) is 31.4 Å². The minimum Gasteiger partial charge on any atom is -0.493 e. The fourth-order valence-corrected chi connectivity index (χ4v) is 2.25. The normalized spacial score (nSPS) is 16.6. The Balaban J connectivity index is 2.44. The first-order valence-corrected chi connectivity index (χ1v) is 5.86. The van der Waals surface area contributed by atoms with Crippen molar-refractivity contribution in [2.45, 2.75) is 39.0 Å². The molecule has 0 aliphatic heterocycles. The van der Waals surface area contributed by atoms with Crippen LogP contribution < -0.4 is 0 Å². The Bertz CT molecular complexity index is 466. The first kappa shape index (κ1) is 11.9. The van der Waals surface area contributed by atoms with Gasteiger partial charge in [-0.25, -0.2) is 9.78 Å². The van der Waals surface area contributed by atoms with Crippen LogP contribution in [0, 0.1) is 0 Å². The summed E-state index contributed by atoms with van der Waals surface area (Å²) in [4.78, 5) is 15.8. The van der Waals surface area contributed by atoms with Crippen molar-refractivity contribution in [2.75, 3.05) is 6.61 Å². The lowest BCUT2D eigenvalue weighted by atomic mass is 9.90. The molecule has 17 heavy (non-hydrogen) atoms. The molecule has 0 saturated carbocycles. The smallest absolute Gasteiger partial charge is 0.343 e. The molecule has 1 heterocycles. The highest BCUT2D eigenvalue weighted by Gasteiger charge is 2.33. The average molecular weight is 235 g/mol. The van der Waals surface area contributed by atoms with Crippen molar-refractivity contribution in [1.82, 2.24) is 4.98 Å². The van der Waals surface area contributed by atoms with Crippen LogP contribution in [-0.2, 0) is 16.6 Å². The highest BCUT2D eigenvalue weighted by atomic mass is 16.5. The van der Waals surface area contributed by atoms with E-state index in [1.165, 1.54) is 0 Å². The van der Waals surface area contributed by atoms with Gasteiger partial charge in [0, 0.05) is 5.41 Å². The summed E-state index contributed by atoms with van der Waals surface area (Å²) in [5.74, 6) is -0.734. The molecule has 0 spiro atoms. The van der Waals surface area contributed by atoms with Crippen molar-refractivity contribution in [3.05, 3.63) is 22.9 Å². The number of aryl methyl sites for hydroxylation is 1. The average Bonchev–Trinajstić information content (AvgIpc) is 2.54. The van der Waals surface area contributed by atoms with Crippen LogP contribution in [0.4, 0.5) is 0 Å². The van der Waals surface area contributed by atoms with Crippen LogP contribution in [-0.4, -0.2) is 22.7 Å². The molecule has 1 aromatic heterocycles. The summed E-state index contributed by atoms with van der Waals surface area (Å²) >= 11 is 0. The predicted octanol–water partition coefficient (Wildman–Crippen LogP) is 2.19. The van der Waals surface area contributed by atoms with E-state index >= 15 is 0 Å². The second kappa shape index (κ2) is 4.02. The van der Waals surface area contributed by atoms with Gasteiger partial charge in [-0.1, -0.05) is 13.8 Å². The topological polar surface area (TPSA) is 59.4 Å². The van der Waals surface area contributed by atoms with Crippen LogP contribution in [0.3, 0.4) is 0 Å². The molecule has 1 aliphatic rings. The maximum Gasteiger partial charge on any atom is 0.343 e. The van der Waals surface area contributed by atoms with Crippen molar-refractivity contribution in [1.29, 1.82) is 0 Å². The summed E-state index contributed by atoms with van der Waals surface area (Å²) in [6.07, 6.45) is 1.88. The number of aromatic nitrogens is 1. The van der Waals surface area contributed by atoms with E-state index in [0.717, 1.165) is 24.1 Å². The van der Waals surface area contributed by atoms with Gasteiger partial charge in [0.25, 0.3) is 0 Å². The van der Waals surface area contributed by atoms with Gasteiger partial charge in [0.1, 0.15) is 5.56 Å². The van der Waals surface area contributed by atoms with Crippen LogP contribution in [0.1, 0.15) is 48.8 Å². The molecule has 0 bridgehead atoms. The van der Waals surface area contributed by atoms with E-state index < -0.39 is 5.97 Å². The number of ether oxygens (including phenoxy) is 1. The molecule has 1 N–H and O–H groups in total. The SMILES string of the molecule is CCOC(=O)c1cc2c(nc1O)C(C)(C)CC2. The molecule has 0 fully saturated rings. The summed E-state index contributed by atoms with van der Waals surface area (Å²) in [5, 5.41) is 9.79. The summed E-state index contributed by atoms with van der Waals surface area (Å²) in [6.45, 7) is 6.21. The van der Waals surface area contributed by atoms with Crippen LogP contribution in [0.15, 0.2) is 6.07 Å². The first-order chi connectivity index (χ1) is 7.95. The predicted molar refractivity (Wildman–Crippen MR) is 63.2 cm³/mol. The molecule has 1 aromatic rings. The molecule has 1 aliphatic carbocycles. The molecule has 0 saturated heterocycles. The van der Waals surface area contributed by atoms with Gasteiger partial charge in [0.15, 0.2) is 0 Å². The van der Waals surface area contributed by atoms with Crippen molar-refractivity contribution >= 4 is 5.97 Å². The lowest BCUT2D eigenvalue weighted by Gasteiger charge is -2.17. The van der Waals surface area contributed by atoms with E-state index in [2.05, 4.69) is 18.8 Å². The standard InChI is InChI=1S/C13H17NO3/c1-4-17-12(16)9-7-8-5-6-13(2,3)10(8)14-11(9)15/h7H,4-6H2,1-3H3,(H,14,15). The van der Waals surface area contributed by atoms with Gasteiger partial charge in [0.2, 0.25) is 5.88 Å². The number of carbonyl (C=O) groups is 1.